The van der Waals surface area contributed by atoms with Gasteiger partial charge in [0.2, 0.25) is 0 Å². The minimum Gasteiger partial charge on any atom is -0.320 e. The van der Waals surface area contributed by atoms with Crippen molar-refractivity contribution in [3.05, 3.63) is 77.6 Å². The van der Waals surface area contributed by atoms with Crippen molar-refractivity contribution in [2.75, 3.05) is 16.0 Å². The quantitative estimate of drug-likeness (QED) is 0.648. The van der Waals surface area contributed by atoms with Crippen LogP contribution in [0.1, 0.15) is 10.4 Å². The van der Waals surface area contributed by atoms with Crippen molar-refractivity contribution in [1.29, 1.82) is 0 Å². The minimum absolute atomic E-state index is 0.187. The lowest BCUT2D eigenvalue weighted by Crippen LogP contribution is -2.19. The van der Waals surface area contributed by atoms with Gasteiger partial charge >= 0.3 is 6.03 Å². The van der Waals surface area contributed by atoms with Crippen LogP contribution in [-0.4, -0.2) is 22.1 Å². The third-order valence-electron chi connectivity index (χ3n) is 3.32. The van der Waals surface area contributed by atoms with E-state index in [-0.39, 0.29) is 17.1 Å². The van der Waals surface area contributed by atoms with Gasteiger partial charge < -0.3 is 16.0 Å². The lowest BCUT2D eigenvalue weighted by atomic mass is 10.2. The van der Waals surface area contributed by atoms with Crippen LogP contribution in [0.25, 0.3) is 0 Å². The number of rotatable bonds is 4. The molecule has 3 amide bonds. The number of hydrogen-bond donors (Lipinski definition) is 3. The van der Waals surface area contributed by atoms with Gasteiger partial charge in [0.15, 0.2) is 5.15 Å². The zero-order valence-electron chi connectivity index (χ0n) is 13.4. The second kappa shape index (κ2) is 8.09. The summed E-state index contributed by atoms with van der Waals surface area (Å²) in [7, 11) is 0. The summed E-state index contributed by atoms with van der Waals surface area (Å²) in [5, 5.41) is 15.5. The largest absolute Gasteiger partial charge is 0.323 e. The first-order chi connectivity index (χ1) is 12.6. The number of urea groups is 1. The van der Waals surface area contributed by atoms with Crippen LogP contribution >= 0.6 is 11.6 Å². The monoisotopic (exact) mass is 367 g/mol. The highest BCUT2D eigenvalue weighted by Crippen LogP contribution is 2.14. The first kappa shape index (κ1) is 17.4. The molecule has 26 heavy (non-hydrogen) atoms. The van der Waals surface area contributed by atoms with E-state index in [1.54, 1.807) is 36.4 Å². The molecule has 0 aliphatic heterocycles. The summed E-state index contributed by atoms with van der Waals surface area (Å²) in [5.74, 6) is -0.325. The molecular weight excluding hydrogens is 354 g/mol. The van der Waals surface area contributed by atoms with Gasteiger partial charge in [-0.1, -0.05) is 29.8 Å². The molecular formula is C18H14ClN5O2. The van der Waals surface area contributed by atoms with E-state index in [0.717, 1.165) is 0 Å². The first-order valence-electron chi connectivity index (χ1n) is 7.63. The molecule has 1 aromatic heterocycles. The van der Waals surface area contributed by atoms with Crippen LogP contribution in [0, 0.1) is 0 Å². The van der Waals surface area contributed by atoms with E-state index in [9.17, 15) is 9.59 Å². The summed E-state index contributed by atoms with van der Waals surface area (Å²) in [6.45, 7) is 0. The van der Waals surface area contributed by atoms with Gasteiger partial charge in [0.05, 0.1) is 11.9 Å². The highest BCUT2D eigenvalue weighted by molar-refractivity contribution is 6.29. The topological polar surface area (TPSA) is 96.0 Å². The smallest absolute Gasteiger partial charge is 0.320 e. The molecule has 130 valence electrons. The van der Waals surface area contributed by atoms with Crippen molar-refractivity contribution in [2.45, 2.75) is 0 Å². The second-order valence-corrected chi connectivity index (χ2v) is 5.63. The van der Waals surface area contributed by atoms with Crippen LogP contribution in [-0.2, 0) is 0 Å². The number of carbonyl (C=O) groups is 2. The molecule has 0 atom stereocenters. The predicted octanol–water partition coefficient (Wildman–Crippen LogP) is 4.03. The Labute approximate surface area is 154 Å². The van der Waals surface area contributed by atoms with Crippen LogP contribution in [0.5, 0.6) is 0 Å². The Morgan fingerprint density at radius 2 is 1.46 bits per heavy atom. The van der Waals surface area contributed by atoms with Crippen molar-refractivity contribution in [3.8, 4) is 0 Å². The summed E-state index contributed by atoms with van der Waals surface area (Å²) < 4.78 is 0. The SMILES string of the molecule is O=C(Nc1ccccc1)Nc1ccc(C(=O)Nc2cnnc(Cl)c2)cc1. The molecule has 0 spiro atoms. The Bertz CT molecular complexity index is 916. The lowest BCUT2D eigenvalue weighted by molar-refractivity contribution is 0.102. The fourth-order valence-electron chi connectivity index (χ4n) is 2.13. The fraction of sp³-hybridized carbons (Fsp3) is 0. The number of carbonyl (C=O) groups excluding carboxylic acids is 2. The van der Waals surface area contributed by atoms with Crippen molar-refractivity contribution < 1.29 is 9.59 Å². The Hall–Kier alpha value is -3.45. The second-order valence-electron chi connectivity index (χ2n) is 5.24. The number of halogens is 1. The number of benzene rings is 2. The van der Waals surface area contributed by atoms with Gasteiger partial charge in [0, 0.05) is 23.0 Å². The number of hydrogen-bond acceptors (Lipinski definition) is 4. The molecule has 0 saturated heterocycles. The zero-order chi connectivity index (χ0) is 18.4. The standard InChI is InChI=1S/C18H14ClN5O2/c19-16-10-15(11-20-24-16)21-17(25)12-6-8-14(9-7-12)23-18(26)22-13-4-2-1-3-5-13/h1-11H,(H,21,24,25)(H2,22,23,26). The highest BCUT2D eigenvalue weighted by Gasteiger charge is 2.08. The lowest BCUT2D eigenvalue weighted by Gasteiger charge is -2.09. The summed E-state index contributed by atoms with van der Waals surface area (Å²) >= 11 is 5.73. The maximum Gasteiger partial charge on any atom is 0.323 e. The van der Waals surface area contributed by atoms with Crippen molar-refractivity contribution in [2.24, 2.45) is 0 Å². The molecule has 3 aromatic rings. The molecule has 7 nitrogen and oxygen atoms in total. The molecule has 0 unspecified atom stereocenters. The number of nitrogens with one attached hydrogen (secondary N) is 3. The van der Waals surface area contributed by atoms with Gasteiger partial charge in [-0.15, -0.1) is 5.10 Å². The highest BCUT2D eigenvalue weighted by atomic mass is 35.5. The fourth-order valence-corrected chi connectivity index (χ4v) is 2.29. The Kier molecular flexibility index (Phi) is 5.40. The van der Waals surface area contributed by atoms with Crippen molar-refractivity contribution in [1.82, 2.24) is 10.2 Å². The summed E-state index contributed by atoms with van der Waals surface area (Å²) in [5.41, 5.74) is 2.11. The molecule has 0 aliphatic carbocycles. The third kappa shape index (κ3) is 4.78. The van der Waals surface area contributed by atoms with Crippen LogP contribution in [0.15, 0.2) is 66.9 Å². The van der Waals surface area contributed by atoms with Gasteiger partial charge in [0.1, 0.15) is 0 Å². The van der Waals surface area contributed by atoms with Crippen LogP contribution in [0.4, 0.5) is 21.9 Å². The van der Waals surface area contributed by atoms with Gasteiger partial charge in [0.25, 0.3) is 5.91 Å². The van der Waals surface area contributed by atoms with Gasteiger partial charge in [-0.2, -0.15) is 5.10 Å². The van der Waals surface area contributed by atoms with Crippen LogP contribution in [0.3, 0.4) is 0 Å². The van der Waals surface area contributed by atoms with E-state index >= 15 is 0 Å². The molecule has 3 rings (SSSR count). The molecule has 1 heterocycles. The molecule has 2 aromatic carbocycles. The first-order valence-corrected chi connectivity index (χ1v) is 8.01. The van der Waals surface area contributed by atoms with Gasteiger partial charge in [-0.25, -0.2) is 4.79 Å². The van der Waals surface area contributed by atoms with Gasteiger partial charge in [-0.05, 0) is 36.4 Å². The zero-order valence-corrected chi connectivity index (χ0v) is 14.2. The van der Waals surface area contributed by atoms with E-state index in [1.165, 1.54) is 12.3 Å². The molecule has 8 heteroatoms. The van der Waals surface area contributed by atoms with E-state index in [0.29, 0.717) is 22.6 Å². The number of anilines is 3. The normalized spacial score (nSPS) is 10.0. The number of nitrogens with zero attached hydrogens (tertiary/aromatic N) is 2. The van der Waals surface area contributed by atoms with E-state index < -0.39 is 0 Å². The van der Waals surface area contributed by atoms with E-state index in [4.69, 9.17) is 11.6 Å². The summed E-state index contributed by atoms with van der Waals surface area (Å²) in [4.78, 5) is 24.1. The number of para-hydroxylation sites is 1. The molecule has 3 N–H and O–H groups in total. The average molecular weight is 368 g/mol. The number of amides is 3. The van der Waals surface area contributed by atoms with Crippen LogP contribution in [0.2, 0.25) is 5.15 Å². The molecule has 0 saturated carbocycles. The predicted molar refractivity (Wildman–Crippen MR) is 101 cm³/mol. The Balaban J connectivity index is 1.59. The Morgan fingerprint density at radius 1 is 0.808 bits per heavy atom. The third-order valence-corrected chi connectivity index (χ3v) is 3.50. The molecule has 0 radical (unpaired) electrons. The van der Waals surface area contributed by atoms with E-state index in [1.807, 2.05) is 18.2 Å². The minimum atomic E-state index is -0.370. The Morgan fingerprint density at radius 3 is 2.12 bits per heavy atom. The molecule has 0 fully saturated rings. The van der Waals surface area contributed by atoms with Crippen LogP contribution < -0.4 is 16.0 Å². The molecule has 0 aliphatic rings. The summed E-state index contributed by atoms with van der Waals surface area (Å²) in [6.07, 6.45) is 1.40. The average Bonchev–Trinajstić information content (AvgIpc) is 2.63. The summed E-state index contributed by atoms with van der Waals surface area (Å²) in [6, 6.07) is 16.7. The number of aromatic nitrogens is 2. The molecule has 0 bridgehead atoms. The van der Waals surface area contributed by atoms with Crippen molar-refractivity contribution in [3.63, 3.8) is 0 Å². The van der Waals surface area contributed by atoms with Crippen molar-refractivity contribution >= 4 is 40.6 Å². The van der Waals surface area contributed by atoms with Gasteiger partial charge in [-0.3, -0.25) is 4.79 Å². The maximum absolute atomic E-state index is 12.2. The van der Waals surface area contributed by atoms with E-state index in [2.05, 4.69) is 26.1 Å². The maximum atomic E-state index is 12.2.